The lowest BCUT2D eigenvalue weighted by Gasteiger charge is -2.20. The molecule has 0 aliphatic heterocycles. The second-order valence-corrected chi connectivity index (χ2v) is 9.45. The van der Waals surface area contributed by atoms with E-state index in [9.17, 15) is 9.18 Å². The monoisotopic (exact) mass is 521 g/mol. The maximum Gasteiger partial charge on any atom is 0.316 e. The van der Waals surface area contributed by atoms with Crippen molar-refractivity contribution in [3.05, 3.63) is 66.1 Å². The summed E-state index contributed by atoms with van der Waals surface area (Å²) in [6.07, 6.45) is 8.33. The van der Waals surface area contributed by atoms with E-state index in [0.29, 0.717) is 29.6 Å². The molecular formula is C26H28FN7O2S. The largest absolute Gasteiger partial charge is 0.461 e. The second kappa shape index (κ2) is 11.9. The van der Waals surface area contributed by atoms with Crippen LogP contribution >= 0.6 is 11.8 Å². The number of thioether (sulfide) groups is 1. The van der Waals surface area contributed by atoms with Crippen molar-refractivity contribution in [1.29, 1.82) is 0 Å². The number of nitrogens with zero attached hydrogens (tertiary/aromatic N) is 5. The van der Waals surface area contributed by atoms with Crippen molar-refractivity contribution in [3.63, 3.8) is 0 Å². The number of aromatic nitrogens is 5. The van der Waals surface area contributed by atoms with Crippen LogP contribution in [0, 0.1) is 5.82 Å². The molecule has 192 valence electrons. The average molecular weight is 522 g/mol. The number of hydrogen-bond donors (Lipinski definition) is 2. The Morgan fingerprint density at radius 1 is 1.11 bits per heavy atom. The van der Waals surface area contributed by atoms with E-state index in [1.54, 1.807) is 30.2 Å². The zero-order chi connectivity index (χ0) is 26.4. The number of amides is 1. The van der Waals surface area contributed by atoms with Gasteiger partial charge < -0.3 is 15.4 Å². The minimum absolute atomic E-state index is 0.0150. The zero-order valence-electron chi connectivity index (χ0n) is 21.0. The smallest absolute Gasteiger partial charge is 0.316 e. The number of nitrogens with one attached hydrogen (secondary N) is 2. The average Bonchev–Trinajstić information content (AvgIpc) is 2.91. The highest BCUT2D eigenvalue weighted by molar-refractivity contribution is 7.98. The van der Waals surface area contributed by atoms with Gasteiger partial charge in [0.1, 0.15) is 18.0 Å². The molecule has 0 aliphatic rings. The second-order valence-electron chi connectivity index (χ2n) is 8.54. The third-order valence-electron chi connectivity index (χ3n) is 5.61. The maximum atomic E-state index is 14.8. The fraction of sp³-hybridized carbons (Fsp3) is 0.308. The number of carbonyl (C=O) groups is 1. The summed E-state index contributed by atoms with van der Waals surface area (Å²) in [6, 6.07) is 6.80. The van der Waals surface area contributed by atoms with Gasteiger partial charge in [0.05, 0.1) is 22.9 Å². The molecule has 1 atom stereocenters. The molecule has 0 saturated carbocycles. The van der Waals surface area contributed by atoms with Gasteiger partial charge in [0.2, 0.25) is 0 Å². The number of anilines is 1. The van der Waals surface area contributed by atoms with Gasteiger partial charge in [0.15, 0.2) is 0 Å². The Balaban J connectivity index is 1.58. The van der Waals surface area contributed by atoms with Crippen LogP contribution in [0.25, 0.3) is 22.2 Å². The molecule has 9 nitrogen and oxygen atoms in total. The van der Waals surface area contributed by atoms with E-state index in [4.69, 9.17) is 4.74 Å². The molecular weight excluding hydrogens is 493 g/mol. The number of hydrogen-bond acceptors (Lipinski definition) is 9. The topological polar surface area (TPSA) is 115 Å². The van der Waals surface area contributed by atoms with E-state index in [1.165, 1.54) is 31.7 Å². The van der Waals surface area contributed by atoms with Crippen molar-refractivity contribution >= 4 is 34.4 Å². The van der Waals surface area contributed by atoms with Crippen molar-refractivity contribution < 1.29 is 13.9 Å². The molecule has 2 N–H and O–H groups in total. The number of pyridine rings is 1. The molecule has 4 aromatic rings. The molecule has 1 aromatic carbocycles. The fourth-order valence-corrected chi connectivity index (χ4v) is 4.62. The lowest BCUT2D eigenvalue weighted by molar-refractivity contribution is 0.0964. The fourth-order valence-electron chi connectivity index (χ4n) is 3.92. The van der Waals surface area contributed by atoms with Gasteiger partial charge in [-0.05, 0) is 37.8 Å². The molecule has 0 spiro atoms. The highest BCUT2D eigenvalue weighted by atomic mass is 32.2. The van der Waals surface area contributed by atoms with Crippen LogP contribution in [-0.4, -0.2) is 62.5 Å². The molecule has 0 aliphatic carbocycles. The van der Waals surface area contributed by atoms with Gasteiger partial charge in [0.25, 0.3) is 5.91 Å². The van der Waals surface area contributed by atoms with Gasteiger partial charge in [-0.15, -0.1) is 0 Å². The quantitative estimate of drug-likeness (QED) is 0.315. The molecule has 0 saturated heterocycles. The number of halogens is 1. The number of carbonyl (C=O) groups excluding carboxylic acids is 1. The summed E-state index contributed by atoms with van der Waals surface area (Å²) in [5.74, 6) is 0.518. The summed E-state index contributed by atoms with van der Waals surface area (Å²) in [4.78, 5) is 34.0. The highest BCUT2D eigenvalue weighted by Gasteiger charge is 2.21. The third kappa shape index (κ3) is 6.11. The molecule has 0 bridgehead atoms. The van der Waals surface area contributed by atoms with Gasteiger partial charge >= 0.3 is 6.01 Å². The van der Waals surface area contributed by atoms with E-state index in [1.807, 2.05) is 26.2 Å². The minimum atomic E-state index is -0.478. The van der Waals surface area contributed by atoms with Gasteiger partial charge in [-0.1, -0.05) is 6.07 Å². The standard InChI is InChI=1S/C26H28FN7O2S/c1-15(2)36-26-31-10-16(11-32-26)21-9-22(34-14-33-21)30-12-17(13-37-4)18-5-6-20(27)23-19(25(35)28-3)7-8-29-24(18)23/h5-11,14-15,17H,12-13H2,1-4H3,(H,28,35)(H,30,33,34). The van der Waals surface area contributed by atoms with E-state index < -0.39 is 5.82 Å². The SMILES string of the molecule is CNC(=O)c1ccnc2c(C(CNc3cc(-c4cnc(OC(C)C)nc4)ncn3)CSC)ccc(F)c12. The zero-order valence-corrected chi connectivity index (χ0v) is 21.8. The molecule has 1 unspecified atom stereocenters. The number of fused-ring (bicyclic) bond motifs is 1. The Morgan fingerprint density at radius 3 is 2.59 bits per heavy atom. The van der Waals surface area contributed by atoms with E-state index in [-0.39, 0.29) is 28.9 Å². The van der Waals surface area contributed by atoms with Gasteiger partial charge in [-0.2, -0.15) is 11.8 Å². The molecule has 3 aromatic heterocycles. The summed E-state index contributed by atoms with van der Waals surface area (Å²) in [6.45, 7) is 4.34. The molecule has 0 fully saturated rings. The number of benzene rings is 1. The van der Waals surface area contributed by atoms with E-state index >= 15 is 0 Å². The summed E-state index contributed by atoms with van der Waals surface area (Å²) in [7, 11) is 1.52. The Bertz CT molecular complexity index is 1390. The van der Waals surface area contributed by atoms with Crippen LogP contribution in [-0.2, 0) is 0 Å². The summed E-state index contributed by atoms with van der Waals surface area (Å²) in [5.41, 5.74) is 2.99. The first kappa shape index (κ1) is 26.2. The number of rotatable bonds is 10. The first-order valence-corrected chi connectivity index (χ1v) is 13.1. The van der Waals surface area contributed by atoms with Crippen LogP contribution < -0.4 is 15.4 Å². The molecule has 11 heteroatoms. The lowest BCUT2D eigenvalue weighted by atomic mass is 9.95. The van der Waals surface area contributed by atoms with Crippen LogP contribution in [0.3, 0.4) is 0 Å². The summed E-state index contributed by atoms with van der Waals surface area (Å²) >= 11 is 1.67. The van der Waals surface area contributed by atoms with Gasteiger partial charge in [-0.25, -0.2) is 24.3 Å². The predicted octanol–water partition coefficient (Wildman–Crippen LogP) is 4.33. The van der Waals surface area contributed by atoms with Crippen molar-refractivity contribution in [3.8, 4) is 17.3 Å². The van der Waals surface area contributed by atoms with Crippen LogP contribution in [0.15, 0.2) is 49.2 Å². The Labute approximate surface area is 218 Å². The molecule has 4 rings (SSSR count). The van der Waals surface area contributed by atoms with E-state index in [2.05, 4.69) is 35.6 Å². The number of ether oxygens (including phenoxy) is 1. The maximum absolute atomic E-state index is 14.8. The minimum Gasteiger partial charge on any atom is -0.461 e. The Morgan fingerprint density at radius 2 is 1.89 bits per heavy atom. The highest BCUT2D eigenvalue weighted by Crippen LogP contribution is 2.31. The Hall–Kier alpha value is -3.86. The third-order valence-corrected chi connectivity index (χ3v) is 6.35. The predicted molar refractivity (Wildman–Crippen MR) is 144 cm³/mol. The Kier molecular flexibility index (Phi) is 8.44. The molecule has 0 radical (unpaired) electrons. The normalized spacial score (nSPS) is 11.9. The summed E-state index contributed by atoms with van der Waals surface area (Å²) in [5, 5.41) is 6.17. The molecule has 3 heterocycles. The van der Waals surface area contributed by atoms with Crippen LogP contribution in [0.2, 0.25) is 0 Å². The molecule has 1 amide bonds. The van der Waals surface area contributed by atoms with Crippen molar-refractivity contribution in [2.24, 2.45) is 0 Å². The van der Waals surface area contributed by atoms with Crippen LogP contribution in [0.4, 0.5) is 10.2 Å². The van der Waals surface area contributed by atoms with Crippen molar-refractivity contribution in [2.75, 3.05) is 30.9 Å². The lowest BCUT2D eigenvalue weighted by Crippen LogP contribution is -2.20. The van der Waals surface area contributed by atoms with Gasteiger partial charge in [-0.3, -0.25) is 9.78 Å². The van der Waals surface area contributed by atoms with Gasteiger partial charge in [0, 0.05) is 60.9 Å². The van der Waals surface area contributed by atoms with Crippen molar-refractivity contribution in [2.45, 2.75) is 25.9 Å². The van der Waals surface area contributed by atoms with E-state index in [0.717, 1.165) is 16.9 Å². The summed E-state index contributed by atoms with van der Waals surface area (Å²) < 4.78 is 20.3. The first-order chi connectivity index (χ1) is 17.9. The molecule has 37 heavy (non-hydrogen) atoms. The van der Waals surface area contributed by atoms with Crippen molar-refractivity contribution in [1.82, 2.24) is 30.2 Å². The first-order valence-electron chi connectivity index (χ1n) is 11.7. The van der Waals surface area contributed by atoms with Crippen LogP contribution in [0.5, 0.6) is 6.01 Å². The van der Waals surface area contributed by atoms with Crippen LogP contribution in [0.1, 0.15) is 35.7 Å².